The molecule has 0 radical (unpaired) electrons. The molecule has 0 aromatic rings. The van der Waals surface area contributed by atoms with Gasteiger partial charge in [0.05, 0.1) is 6.61 Å². The molecule has 0 aromatic heterocycles. The van der Waals surface area contributed by atoms with E-state index in [1.54, 1.807) is 0 Å². The summed E-state index contributed by atoms with van der Waals surface area (Å²) in [7, 11) is 0. The van der Waals surface area contributed by atoms with Gasteiger partial charge in [0.25, 0.3) is 0 Å². The van der Waals surface area contributed by atoms with Crippen LogP contribution in [0.15, 0.2) is 48.6 Å². The average molecular weight is 883 g/mol. The number of hydrogen-bond acceptors (Lipinski definition) is 5. The molecule has 0 aliphatic heterocycles. The molecule has 0 aliphatic rings. The molecule has 0 fully saturated rings. The predicted octanol–water partition coefficient (Wildman–Crippen LogP) is 18.7. The molecule has 0 N–H and O–H groups in total. The van der Waals surface area contributed by atoms with Gasteiger partial charge in [0.15, 0.2) is 6.10 Å². The van der Waals surface area contributed by atoms with Crippen molar-refractivity contribution in [3.05, 3.63) is 48.6 Å². The number of carbonyl (C=O) groups is 2. The molecule has 1 atom stereocenters. The van der Waals surface area contributed by atoms with E-state index in [4.69, 9.17) is 14.2 Å². The van der Waals surface area contributed by atoms with Gasteiger partial charge in [0.1, 0.15) is 6.61 Å². The Hall–Kier alpha value is -2.14. The zero-order valence-corrected chi connectivity index (χ0v) is 42.4. The van der Waals surface area contributed by atoms with Crippen LogP contribution in [0.3, 0.4) is 0 Å². The molecule has 0 aromatic carbocycles. The van der Waals surface area contributed by atoms with Crippen LogP contribution in [0.4, 0.5) is 0 Å². The van der Waals surface area contributed by atoms with Crippen molar-refractivity contribution in [3.8, 4) is 0 Å². The Balaban J connectivity index is 4.27. The SMILES string of the molecule is CCCCC/C=C\C/C=C\C/C=C\C/C=C\CCCCCC(=O)OC[C@@H](COCCCCCCCCCCCCCCCCCC)OC(=O)CCCCCCCCCCCCCC. The third-order valence-corrected chi connectivity index (χ3v) is 12.1. The van der Waals surface area contributed by atoms with Gasteiger partial charge in [-0.05, 0) is 64.2 Å². The standard InChI is InChI=1S/C58H106O5/c1-4-7-10-13-16-19-22-25-27-29-30-31-32-34-37-39-42-45-48-51-57(59)62-55-56(63-58(60)52-49-46-43-40-36-24-21-18-15-12-9-6-3)54-61-53-50-47-44-41-38-35-33-28-26-23-20-17-14-11-8-5-2/h16,19,25,27,30-31,34,37,56H,4-15,17-18,20-24,26,28-29,32-33,35-36,38-55H2,1-3H3/b19-16-,27-25-,31-30-,37-34-/t56-/m1/s1. The first-order valence-electron chi connectivity index (χ1n) is 27.7. The zero-order valence-electron chi connectivity index (χ0n) is 42.4. The van der Waals surface area contributed by atoms with Gasteiger partial charge in [-0.25, -0.2) is 0 Å². The molecule has 63 heavy (non-hydrogen) atoms. The second-order valence-electron chi connectivity index (χ2n) is 18.5. The van der Waals surface area contributed by atoms with Gasteiger partial charge in [-0.15, -0.1) is 0 Å². The first-order valence-corrected chi connectivity index (χ1v) is 27.7. The van der Waals surface area contributed by atoms with E-state index in [1.807, 2.05) is 0 Å². The summed E-state index contributed by atoms with van der Waals surface area (Å²) < 4.78 is 17.4. The Kier molecular flexibility index (Phi) is 52.4. The second-order valence-corrected chi connectivity index (χ2v) is 18.5. The van der Waals surface area contributed by atoms with Crippen LogP contribution in [0.1, 0.15) is 284 Å². The maximum absolute atomic E-state index is 12.8. The zero-order chi connectivity index (χ0) is 45.6. The highest BCUT2D eigenvalue weighted by molar-refractivity contribution is 5.70. The summed E-state index contributed by atoms with van der Waals surface area (Å²) in [5.74, 6) is -0.418. The molecule has 0 spiro atoms. The molecule has 0 unspecified atom stereocenters. The number of esters is 2. The van der Waals surface area contributed by atoms with Gasteiger partial charge in [0.2, 0.25) is 0 Å². The topological polar surface area (TPSA) is 61.8 Å². The van der Waals surface area contributed by atoms with Crippen LogP contribution in [0, 0.1) is 0 Å². The Morgan fingerprint density at radius 3 is 1.10 bits per heavy atom. The molecule has 5 heteroatoms. The number of hydrogen-bond donors (Lipinski definition) is 0. The van der Waals surface area contributed by atoms with Gasteiger partial charge in [-0.2, -0.15) is 0 Å². The summed E-state index contributed by atoms with van der Waals surface area (Å²) in [6.45, 7) is 7.81. The lowest BCUT2D eigenvalue weighted by molar-refractivity contribution is -0.163. The number of ether oxygens (including phenoxy) is 3. The minimum atomic E-state index is -0.544. The highest BCUT2D eigenvalue weighted by Crippen LogP contribution is 2.16. The predicted molar refractivity (Wildman–Crippen MR) is 275 cm³/mol. The summed E-state index contributed by atoms with van der Waals surface area (Å²) in [4.78, 5) is 25.4. The van der Waals surface area contributed by atoms with Crippen LogP contribution in [0.25, 0.3) is 0 Å². The van der Waals surface area contributed by atoms with E-state index in [1.165, 1.54) is 186 Å². The molecular formula is C58H106O5. The van der Waals surface area contributed by atoms with Gasteiger partial charge < -0.3 is 14.2 Å². The summed E-state index contributed by atoms with van der Waals surface area (Å²) in [5.41, 5.74) is 0. The van der Waals surface area contributed by atoms with Crippen molar-refractivity contribution >= 4 is 11.9 Å². The van der Waals surface area contributed by atoms with Crippen LogP contribution < -0.4 is 0 Å². The Morgan fingerprint density at radius 1 is 0.349 bits per heavy atom. The average Bonchev–Trinajstić information content (AvgIpc) is 3.28. The summed E-state index contributed by atoms with van der Waals surface area (Å²) in [6.07, 6.45) is 66.9. The van der Waals surface area contributed by atoms with E-state index in [2.05, 4.69) is 69.4 Å². The number of carbonyl (C=O) groups excluding carboxylic acids is 2. The Morgan fingerprint density at radius 2 is 0.667 bits per heavy atom. The molecule has 0 amide bonds. The molecule has 5 nitrogen and oxygen atoms in total. The van der Waals surface area contributed by atoms with E-state index in [-0.39, 0.29) is 25.2 Å². The molecule has 0 aliphatic carbocycles. The quantitative estimate of drug-likeness (QED) is 0.0346. The van der Waals surface area contributed by atoms with E-state index >= 15 is 0 Å². The molecule has 0 saturated carbocycles. The number of unbranched alkanes of at least 4 members (excludes halogenated alkanes) is 32. The molecule has 0 bridgehead atoms. The van der Waals surface area contributed by atoms with Crippen LogP contribution in [0.5, 0.6) is 0 Å². The molecule has 0 saturated heterocycles. The van der Waals surface area contributed by atoms with Gasteiger partial charge in [-0.3, -0.25) is 9.59 Å². The largest absolute Gasteiger partial charge is 0.462 e. The van der Waals surface area contributed by atoms with Crippen molar-refractivity contribution in [1.29, 1.82) is 0 Å². The van der Waals surface area contributed by atoms with E-state index in [9.17, 15) is 9.59 Å². The summed E-state index contributed by atoms with van der Waals surface area (Å²) >= 11 is 0. The third-order valence-electron chi connectivity index (χ3n) is 12.1. The second kappa shape index (κ2) is 54.2. The van der Waals surface area contributed by atoms with Crippen LogP contribution in [-0.2, 0) is 23.8 Å². The fourth-order valence-corrected chi connectivity index (χ4v) is 7.97. The van der Waals surface area contributed by atoms with Crippen molar-refractivity contribution in [2.24, 2.45) is 0 Å². The summed E-state index contributed by atoms with van der Waals surface area (Å²) in [6, 6.07) is 0. The van der Waals surface area contributed by atoms with Crippen LogP contribution in [0.2, 0.25) is 0 Å². The smallest absolute Gasteiger partial charge is 0.306 e. The lowest BCUT2D eigenvalue weighted by Gasteiger charge is -2.18. The fraction of sp³-hybridized carbons (Fsp3) is 0.828. The molecule has 0 rings (SSSR count). The van der Waals surface area contributed by atoms with E-state index in [0.717, 1.165) is 64.2 Å². The minimum absolute atomic E-state index is 0.0736. The molecule has 0 heterocycles. The monoisotopic (exact) mass is 883 g/mol. The first-order chi connectivity index (χ1) is 31.1. The lowest BCUT2D eigenvalue weighted by Crippen LogP contribution is -2.30. The minimum Gasteiger partial charge on any atom is -0.462 e. The highest BCUT2D eigenvalue weighted by atomic mass is 16.6. The third kappa shape index (κ3) is 52.4. The Labute approximate surface area is 392 Å². The van der Waals surface area contributed by atoms with Gasteiger partial charge in [-0.1, -0.05) is 256 Å². The highest BCUT2D eigenvalue weighted by Gasteiger charge is 2.17. The first kappa shape index (κ1) is 60.9. The number of allylic oxidation sites excluding steroid dienone is 8. The van der Waals surface area contributed by atoms with Crippen molar-refractivity contribution in [2.75, 3.05) is 19.8 Å². The van der Waals surface area contributed by atoms with Crippen molar-refractivity contribution in [2.45, 2.75) is 290 Å². The maximum Gasteiger partial charge on any atom is 0.306 e. The van der Waals surface area contributed by atoms with Crippen molar-refractivity contribution in [1.82, 2.24) is 0 Å². The summed E-state index contributed by atoms with van der Waals surface area (Å²) in [5, 5.41) is 0. The maximum atomic E-state index is 12.8. The van der Waals surface area contributed by atoms with Crippen LogP contribution in [-0.4, -0.2) is 37.9 Å². The van der Waals surface area contributed by atoms with Crippen molar-refractivity contribution < 1.29 is 23.8 Å². The van der Waals surface area contributed by atoms with E-state index < -0.39 is 6.10 Å². The Bertz CT molecular complexity index is 1040. The van der Waals surface area contributed by atoms with Crippen molar-refractivity contribution in [3.63, 3.8) is 0 Å². The van der Waals surface area contributed by atoms with Crippen LogP contribution >= 0.6 is 0 Å². The van der Waals surface area contributed by atoms with Gasteiger partial charge in [0, 0.05) is 19.4 Å². The fourth-order valence-electron chi connectivity index (χ4n) is 7.97. The number of rotatable bonds is 51. The molecule has 368 valence electrons. The normalized spacial score (nSPS) is 12.5. The van der Waals surface area contributed by atoms with Gasteiger partial charge >= 0.3 is 11.9 Å². The van der Waals surface area contributed by atoms with E-state index in [0.29, 0.717) is 19.4 Å². The molecular weight excluding hydrogens is 777 g/mol. The lowest BCUT2D eigenvalue weighted by atomic mass is 10.0.